The molecular formula is C25H35N3O4. The zero-order chi connectivity index (χ0) is 22.9. The molecule has 2 atom stereocenters. The van der Waals surface area contributed by atoms with Crippen molar-refractivity contribution < 1.29 is 19.1 Å². The molecule has 32 heavy (non-hydrogen) atoms. The summed E-state index contributed by atoms with van der Waals surface area (Å²) in [5.41, 5.74) is 1.31. The topological polar surface area (TPSA) is 71.1 Å². The molecule has 0 bridgehead atoms. The van der Waals surface area contributed by atoms with Crippen molar-refractivity contribution in [1.82, 2.24) is 15.1 Å². The summed E-state index contributed by atoms with van der Waals surface area (Å²) in [6.07, 6.45) is 3.43. The maximum absolute atomic E-state index is 13.2. The van der Waals surface area contributed by atoms with E-state index in [1.54, 1.807) is 0 Å². The molecule has 2 fully saturated rings. The average Bonchev–Trinajstić information content (AvgIpc) is 3.32. The van der Waals surface area contributed by atoms with Gasteiger partial charge in [0.25, 0.3) is 5.91 Å². The number of urea groups is 1. The van der Waals surface area contributed by atoms with Crippen LogP contribution in [0.3, 0.4) is 0 Å². The number of nitrogens with zero attached hydrogens (tertiary/aromatic N) is 2. The lowest BCUT2D eigenvalue weighted by atomic mass is 9.75. The molecule has 0 unspecified atom stereocenters. The molecule has 3 amide bonds. The Morgan fingerprint density at radius 1 is 1.25 bits per heavy atom. The predicted molar refractivity (Wildman–Crippen MR) is 123 cm³/mol. The van der Waals surface area contributed by atoms with E-state index in [9.17, 15) is 9.59 Å². The van der Waals surface area contributed by atoms with Gasteiger partial charge in [-0.3, -0.25) is 9.69 Å². The van der Waals surface area contributed by atoms with Crippen LogP contribution in [0.25, 0.3) is 0 Å². The molecule has 0 radical (unpaired) electrons. The second-order valence-electron chi connectivity index (χ2n) is 9.68. The molecule has 174 valence electrons. The van der Waals surface area contributed by atoms with E-state index in [1.165, 1.54) is 10.5 Å². The second-order valence-corrected chi connectivity index (χ2v) is 9.68. The summed E-state index contributed by atoms with van der Waals surface area (Å²) in [4.78, 5) is 29.6. The smallest absolute Gasteiger partial charge is 0.325 e. The van der Waals surface area contributed by atoms with Crippen LogP contribution in [0, 0.1) is 11.8 Å². The minimum Gasteiger partial charge on any atom is -0.454 e. The van der Waals surface area contributed by atoms with Crippen LogP contribution in [0.2, 0.25) is 0 Å². The summed E-state index contributed by atoms with van der Waals surface area (Å²) >= 11 is 0. The van der Waals surface area contributed by atoms with Gasteiger partial charge in [-0.25, -0.2) is 4.79 Å². The fourth-order valence-corrected chi connectivity index (χ4v) is 5.45. The van der Waals surface area contributed by atoms with Gasteiger partial charge in [0.1, 0.15) is 5.54 Å². The largest absolute Gasteiger partial charge is 0.454 e. The summed E-state index contributed by atoms with van der Waals surface area (Å²) < 4.78 is 10.9. The third-order valence-corrected chi connectivity index (χ3v) is 7.06. The van der Waals surface area contributed by atoms with E-state index in [2.05, 4.69) is 35.9 Å². The quantitative estimate of drug-likeness (QED) is 0.493. The number of amides is 3. The van der Waals surface area contributed by atoms with Gasteiger partial charge in [-0.15, -0.1) is 0 Å². The van der Waals surface area contributed by atoms with Crippen LogP contribution in [0.15, 0.2) is 30.4 Å². The van der Waals surface area contributed by atoms with Gasteiger partial charge in [0, 0.05) is 6.54 Å². The number of fused-ring (bicyclic) bond motifs is 1. The van der Waals surface area contributed by atoms with Crippen LogP contribution in [0.5, 0.6) is 11.5 Å². The van der Waals surface area contributed by atoms with Crippen LogP contribution in [0.1, 0.15) is 45.6 Å². The highest BCUT2D eigenvalue weighted by Gasteiger charge is 2.54. The van der Waals surface area contributed by atoms with E-state index in [4.69, 9.17) is 9.47 Å². The fourth-order valence-electron chi connectivity index (χ4n) is 5.45. The molecule has 0 spiro atoms. The maximum atomic E-state index is 13.2. The number of likely N-dealkylation sites (tertiary alicyclic amines) is 1. The SMILES string of the molecule is C=C(C)CN1C(=O)N[C@](CC)(C2CCN(C[C@@H](C)Cc3ccc4c(c3)OCO4)CC2)C1=O. The molecule has 1 aromatic carbocycles. The molecule has 1 aromatic rings. The lowest BCUT2D eigenvalue weighted by molar-refractivity contribution is -0.134. The number of hydrogen-bond donors (Lipinski definition) is 1. The monoisotopic (exact) mass is 441 g/mol. The molecule has 4 rings (SSSR count). The third kappa shape index (κ3) is 4.35. The van der Waals surface area contributed by atoms with E-state index in [1.807, 2.05) is 19.9 Å². The van der Waals surface area contributed by atoms with Crippen LogP contribution >= 0.6 is 0 Å². The van der Waals surface area contributed by atoms with Crippen LogP contribution in [0.4, 0.5) is 4.79 Å². The molecule has 0 aliphatic carbocycles. The Hall–Kier alpha value is -2.54. The van der Waals surface area contributed by atoms with Crippen molar-refractivity contribution in [1.29, 1.82) is 0 Å². The fraction of sp³-hybridized carbons (Fsp3) is 0.600. The first-order chi connectivity index (χ1) is 15.3. The zero-order valence-corrected chi connectivity index (χ0v) is 19.5. The maximum Gasteiger partial charge on any atom is 0.325 e. The van der Waals surface area contributed by atoms with E-state index >= 15 is 0 Å². The Morgan fingerprint density at radius 2 is 1.97 bits per heavy atom. The molecule has 1 N–H and O–H groups in total. The number of hydrogen-bond acceptors (Lipinski definition) is 5. The molecule has 7 heteroatoms. The number of nitrogens with one attached hydrogen (secondary N) is 1. The van der Waals surface area contributed by atoms with Crippen molar-refractivity contribution in [3.8, 4) is 11.5 Å². The first-order valence-electron chi connectivity index (χ1n) is 11.7. The Balaban J connectivity index is 1.32. The molecule has 0 saturated carbocycles. The van der Waals surface area contributed by atoms with Gasteiger partial charge < -0.3 is 19.7 Å². The highest BCUT2D eigenvalue weighted by Crippen LogP contribution is 2.37. The minimum absolute atomic E-state index is 0.0809. The molecule has 3 heterocycles. The van der Waals surface area contributed by atoms with E-state index in [0.29, 0.717) is 25.7 Å². The minimum atomic E-state index is -0.767. The normalized spacial score (nSPS) is 24.7. The van der Waals surface area contributed by atoms with Crippen molar-refractivity contribution in [2.45, 2.75) is 52.0 Å². The van der Waals surface area contributed by atoms with Gasteiger partial charge in [0.2, 0.25) is 6.79 Å². The van der Waals surface area contributed by atoms with Crippen molar-refractivity contribution in [2.75, 3.05) is 33.0 Å². The summed E-state index contributed by atoms with van der Waals surface area (Å²) in [7, 11) is 0. The van der Waals surface area contributed by atoms with E-state index in [-0.39, 0.29) is 17.9 Å². The number of carbonyl (C=O) groups is 2. The van der Waals surface area contributed by atoms with Gasteiger partial charge in [0.05, 0.1) is 6.54 Å². The summed E-state index contributed by atoms with van der Waals surface area (Å²) in [6.45, 7) is 13.5. The molecule has 3 aliphatic heterocycles. The molecule has 3 aliphatic rings. The van der Waals surface area contributed by atoms with Crippen LogP contribution in [-0.4, -0.2) is 60.2 Å². The molecule has 0 aromatic heterocycles. The Kier molecular flexibility index (Phi) is 6.47. The average molecular weight is 442 g/mol. The number of benzene rings is 1. The lowest BCUT2D eigenvalue weighted by Gasteiger charge is -2.41. The standard InChI is InChI=1S/C25H35N3O4/c1-5-25(23(29)28(14-17(2)3)24(30)26-25)20-8-10-27(11-9-20)15-18(4)12-19-6-7-21-22(13-19)32-16-31-21/h6-7,13,18,20H,2,5,8-12,14-16H2,1,3-4H3,(H,26,30)/t18-,25+/m0/s1. The first-order valence-corrected chi connectivity index (χ1v) is 11.7. The Morgan fingerprint density at radius 3 is 2.66 bits per heavy atom. The van der Waals surface area contributed by atoms with Crippen molar-refractivity contribution >= 4 is 11.9 Å². The lowest BCUT2D eigenvalue weighted by Crippen LogP contribution is -2.56. The van der Waals surface area contributed by atoms with Gasteiger partial charge in [-0.05, 0) is 75.2 Å². The van der Waals surface area contributed by atoms with Gasteiger partial charge >= 0.3 is 6.03 Å². The zero-order valence-electron chi connectivity index (χ0n) is 19.5. The van der Waals surface area contributed by atoms with E-state index < -0.39 is 5.54 Å². The number of rotatable bonds is 8. The highest BCUT2D eigenvalue weighted by molar-refractivity contribution is 6.07. The Labute approximate surface area is 190 Å². The molecular weight excluding hydrogens is 406 g/mol. The van der Waals surface area contributed by atoms with Crippen LogP contribution < -0.4 is 14.8 Å². The van der Waals surface area contributed by atoms with Gasteiger partial charge in [-0.2, -0.15) is 0 Å². The third-order valence-electron chi connectivity index (χ3n) is 7.06. The number of ether oxygens (including phenoxy) is 2. The first kappa shape index (κ1) is 22.6. The number of piperidine rings is 1. The summed E-state index contributed by atoms with van der Waals surface area (Å²) in [5, 5.41) is 3.06. The number of imide groups is 1. The van der Waals surface area contributed by atoms with Gasteiger partial charge in [-0.1, -0.05) is 32.1 Å². The highest BCUT2D eigenvalue weighted by atomic mass is 16.7. The number of carbonyl (C=O) groups excluding carboxylic acids is 2. The predicted octanol–water partition coefficient (Wildman–Crippen LogP) is 3.58. The second kappa shape index (κ2) is 9.14. The van der Waals surface area contributed by atoms with Crippen molar-refractivity contribution in [3.05, 3.63) is 35.9 Å². The Bertz CT molecular complexity index is 893. The molecule has 7 nitrogen and oxygen atoms in total. The molecule has 2 saturated heterocycles. The van der Waals surface area contributed by atoms with Crippen molar-refractivity contribution in [3.63, 3.8) is 0 Å². The van der Waals surface area contributed by atoms with Crippen LogP contribution in [-0.2, 0) is 11.2 Å². The van der Waals surface area contributed by atoms with Gasteiger partial charge in [0.15, 0.2) is 11.5 Å². The van der Waals surface area contributed by atoms with E-state index in [0.717, 1.165) is 56.0 Å². The summed E-state index contributed by atoms with van der Waals surface area (Å²) in [6, 6.07) is 5.91. The van der Waals surface area contributed by atoms with Crippen molar-refractivity contribution in [2.24, 2.45) is 11.8 Å². The summed E-state index contributed by atoms with van der Waals surface area (Å²) in [5.74, 6) is 2.25.